The van der Waals surface area contributed by atoms with Crippen molar-refractivity contribution in [2.75, 3.05) is 10.7 Å². The molecule has 2 heterocycles. The molecule has 4 N–H and O–H groups in total. The normalized spacial score (nSPS) is 13.0. The minimum atomic E-state index is -4.64. The molecule has 7 nitrogen and oxygen atoms in total. The maximum Gasteiger partial charge on any atom is 0.451 e. The number of aromatic nitrogens is 4. The van der Waals surface area contributed by atoms with Crippen LogP contribution in [0, 0.1) is 0 Å². The molecule has 0 aromatic carbocycles. The highest BCUT2D eigenvalue weighted by molar-refractivity contribution is 5.47. The van der Waals surface area contributed by atoms with Gasteiger partial charge < -0.3 is 15.3 Å². The first kappa shape index (κ1) is 15.0. The third-order valence-corrected chi connectivity index (χ3v) is 2.57. The van der Waals surface area contributed by atoms with Crippen LogP contribution in [0.1, 0.15) is 12.7 Å². The Morgan fingerprint density at radius 3 is 2.62 bits per heavy atom. The van der Waals surface area contributed by atoms with E-state index >= 15 is 0 Å². The largest absolute Gasteiger partial charge is 0.451 e. The fraction of sp³-hybridized carbons (Fsp3) is 0.364. The van der Waals surface area contributed by atoms with Gasteiger partial charge in [-0.05, 0) is 6.92 Å². The lowest BCUT2D eigenvalue weighted by Gasteiger charge is -2.16. The molecule has 0 aliphatic heterocycles. The van der Waals surface area contributed by atoms with E-state index in [2.05, 4.69) is 25.7 Å². The predicted octanol–water partition coefficient (Wildman–Crippen LogP) is 1.48. The molecule has 0 aliphatic rings. The van der Waals surface area contributed by atoms with Gasteiger partial charge in [0.05, 0.1) is 6.33 Å². The molecule has 2 aromatic rings. The number of alkyl halides is 3. The summed E-state index contributed by atoms with van der Waals surface area (Å²) in [6.07, 6.45) is 0.352. The highest BCUT2D eigenvalue weighted by atomic mass is 19.4. The second-order valence-corrected chi connectivity index (χ2v) is 4.41. The van der Waals surface area contributed by atoms with Gasteiger partial charge in [-0.15, -0.1) is 0 Å². The van der Waals surface area contributed by atoms with Crippen molar-refractivity contribution in [1.29, 1.82) is 0 Å². The van der Waals surface area contributed by atoms with E-state index in [1.54, 1.807) is 23.3 Å². The zero-order valence-electron chi connectivity index (χ0n) is 11.1. The van der Waals surface area contributed by atoms with E-state index < -0.39 is 12.0 Å². The molecule has 0 saturated heterocycles. The number of imidazole rings is 1. The molecule has 0 spiro atoms. The number of hydrogen-bond acceptors (Lipinski definition) is 6. The molecule has 0 amide bonds. The Morgan fingerprint density at radius 1 is 1.33 bits per heavy atom. The van der Waals surface area contributed by atoms with Crippen molar-refractivity contribution >= 4 is 11.6 Å². The number of hydrogen-bond donors (Lipinski definition) is 3. The summed E-state index contributed by atoms with van der Waals surface area (Å²) in [5.74, 6) is 3.79. The molecular formula is C11H14F3N7. The summed E-state index contributed by atoms with van der Waals surface area (Å²) < 4.78 is 39.9. The van der Waals surface area contributed by atoms with Gasteiger partial charge in [-0.2, -0.15) is 13.2 Å². The maximum atomic E-state index is 12.7. The summed E-state index contributed by atoms with van der Waals surface area (Å²) in [6.45, 7) is 2.33. The minimum Gasteiger partial charge on any atom is -0.366 e. The summed E-state index contributed by atoms with van der Waals surface area (Å²) in [7, 11) is 0. The molecule has 10 heteroatoms. The topological polar surface area (TPSA) is 93.7 Å². The first-order chi connectivity index (χ1) is 9.88. The number of halogens is 3. The number of rotatable bonds is 5. The van der Waals surface area contributed by atoms with Crippen LogP contribution in [-0.2, 0) is 12.7 Å². The van der Waals surface area contributed by atoms with Gasteiger partial charge in [-0.25, -0.2) is 20.8 Å². The fourth-order valence-electron chi connectivity index (χ4n) is 1.73. The van der Waals surface area contributed by atoms with Crippen LogP contribution in [0.3, 0.4) is 0 Å². The van der Waals surface area contributed by atoms with Crippen LogP contribution in [0.5, 0.6) is 0 Å². The molecule has 0 saturated carbocycles. The third-order valence-electron chi connectivity index (χ3n) is 2.57. The molecule has 114 valence electrons. The summed E-state index contributed by atoms with van der Waals surface area (Å²) in [5.41, 5.74) is 2.09. The second kappa shape index (κ2) is 5.95. The fourth-order valence-corrected chi connectivity index (χ4v) is 1.73. The lowest BCUT2D eigenvalue weighted by atomic mass is 10.3. The van der Waals surface area contributed by atoms with E-state index in [0.717, 1.165) is 0 Å². The SMILES string of the molecule is CC(Cn1ccnc1)Nc1cc(NN)nc(C(F)(F)F)n1. The number of nitrogens with zero attached hydrogens (tertiary/aromatic N) is 4. The number of nitrogen functional groups attached to an aromatic ring is 1. The Morgan fingerprint density at radius 2 is 2.05 bits per heavy atom. The summed E-state index contributed by atoms with van der Waals surface area (Å²) in [5, 5.41) is 2.87. The van der Waals surface area contributed by atoms with Gasteiger partial charge in [0.15, 0.2) is 0 Å². The smallest absolute Gasteiger partial charge is 0.366 e. The van der Waals surface area contributed by atoms with Gasteiger partial charge in [0, 0.05) is 31.0 Å². The van der Waals surface area contributed by atoms with Crippen molar-refractivity contribution in [2.24, 2.45) is 5.84 Å². The first-order valence-corrected chi connectivity index (χ1v) is 6.03. The van der Waals surface area contributed by atoms with Gasteiger partial charge >= 0.3 is 6.18 Å². The van der Waals surface area contributed by atoms with E-state index in [-0.39, 0.29) is 17.7 Å². The Hall–Kier alpha value is -2.36. The Labute approximate surface area is 118 Å². The van der Waals surface area contributed by atoms with Crippen molar-refractivity contribution in [3.8, 4) is 0 Å². The quantitative estimate of drug-likeness (QED) is 0.572. The van der Waals surface area contributed by atoms with Gasteiger partial charge in [-0.1, -0.05) is 0 Å². The molecular weight excluding hydrogens is 287 g/mol. The molecule has 0 radical (unpaired) electrons. The monoisotopic (exact) mass is 301 g/mol. The van der Waals surface area contributed by atoms with Crippen LogP contribution in [-0.4, -0.2) is 25.6 Å². The zero-order valence-corrected chi connectivity index (χ0v) is 11.1. The molecule has 0 aliphatic carbocycles. The number of nitrogens with two attached hydrogens (primary N) is 1. The van der Waals surface area contributed by atoms with Crippen molar-refractivity contribution in [3.05, 3.63) is 30.6 Å². The second-order valence-electron chi connectivity index (χ2n) is 4.41. The van der Waals surface area contributed by atoms with Crippen LogP contribution >= 0.6 is 0 Å². The number of nitrogens with one attached hydrogen (secondary N) is 2. The number of anilines is 2. The van der Waals surface area contributed by atoms with E-state index in [4.69, 9.17) is 5.84 Å². The highest BCUT2D eigenvalue weighted by Crippen LogP contribution is 2.28. The predicted molar refractivity (Wildman–Crippen MR) is 70.2 cm³/mol. The van der Waals surface area contributed by atoms with Crippen LogP contribution in [0.2, 0.25) is 0 Å². The van der Waals surface area contributed by atoms with Gasteiger partial charge in [0.2, 0.25) is 5.82 Å². The summed E-state index contributed by atoms with van der Waals surface area (Å²) >= 11 is 0. The standard InChI is InChI=1S/C11H14F3N7/c1-7(5-21-3-2-16-6-21)17-8-4-9(20-15)19-10(18-8)11(12,13)14/h2-4,6-7H,5,15H2,1H3,(H2,17,18,19,20). The van der Waals surface area contributed by atoms with Crippen LogP contribution in [0.25, 0.3) is 0 Å². The minimum absolute atomic E-state index is 0.0397. The van der Waals surface area contributed by atoms with Crippen LogP contribution in [0.15, 0.2) is 24.8 Å². The Kier molecular flexibility index (Phi) is 4.26. The number of hydrazine groups is 1. The van der Waals surface area contributed by atoms with Crippen molar-refractivity contribution in [3.63, 3.8) is 0 Å². The average Bonchev–Trinajstić information content (AvgIpc) is 2.89. The van der Waals surface area contributed by atoms with Crippen LogP contribution < -0.4 is 16.6 Å². The van der Waals surface area contributed by atoms with Crippen molar-refractivity contribution in [1.82, 2.24) is 19.5 Å². The first-order valence-electron chi connectivity index (χ1n) is 6.03. The molecule has 2 rings (SSSR count). The van der Waals surface area contributed by atoms with Crippen LogP contribution in [0.4, 0.5) is 24.8 Å². The molecule has 1 atom stereocenters. The molecule has 21 heavy (non-hydrogen) atoms. The van der Waals surface area contributed by atoms with Gasteiger partial charge in [-0.3, -0.25) is 0 Å². The van der Waals surface area contributed by atoms with E-state index in [9.17, 15) is 13.2 Å². The van der Waals surface area contributed by atoms with Crippen molar-refractivity contribution < 1.29 is 13.2 Å². The molecule has 2 aromatic heterocycles. The van der Waals surface area contributed by atoms with E-state index in [1.165, 1.54) is 6.07 Å². The zero-order chi connectivity index (χ0) is 15.5. The highest BCUT2D eigenvalue weighted by Gasteiger charge is 2.35. The molecule has 0 fully saturated rings. The Bertz CT molecular complexity index is 582. The summed E-state index contributed by atoms with van der Waals surface area (Å²) in [6, 6.07) is 1.14. The third kappa shape index (κ3) is 4.05. The maximum absolute atomic E-state index is 12.7. The van der Waals surface area contributed by atoms with Gasteiger partial charge in [0.25, 0.3) is 0 Å². The van der Waals surface area contributed by atoms with Gasteiger partial charge in [0.1, 0.15) is 11.6 Å². The van der Waals surface area contributed by atoms with E-state index in [0.29, 0.717) is 6.54 Å². The Balaban J connectivity index is 2.15. The average molecular weight is 301 g/mol. The lowest BCUT2D eigenvalue weighted by molar-refractivity contribution is -0.144. The molecule has 1 unspecified atom stereocenters. The molecule has 0 bridgehead atoms. The summed E-state index contributed by atoms with van der Waals surface area (Å²) in [4.78, 5) is 10.6. The van der Waals surface area contributed by atoms with E-state index in [1.807, 2.05) is 6.92 Å². The van der Waals surface area contributed by atoms with Crippen molar-refractivity contribution in [2.45, 2.75) is 25.7 Å². The lowest BCUT2D eigenvalue weighted by Crippen LogP contribution is -2.24.